The molecule has 4 rings (SSSR count). The van der Waals surface area contributed by atoms with Gasteiger partial charge in [-0.3, -0.25) is 9.69 Å². The molecule has 3 aromatic carbocycles. The standard InChI is InChI=1S/C23H22N2O/c26-23(19-9-5-2-6-10-19)24-22-12-11-20-16-25(17-21(20)15-22)14-13-18-7-3-1-4-8-18/h1-12,15H,13-14,16-17H2,(H,24,26). The first-order valence-electron chi connectivity index (χ1n) is 9.02. The zero-order valence-electron chi connectivity index (χ0n) is 14.7. The van der Waals surface area contributed by atoms with E-state index < -0.39 is 0 Å². The third-order valence-corrected chi connectivity index (χ3v) is 4.85. The van der Waals surface area contributed by atoms with Crippen LogP contribution >= 0.6 is 0 Å². The van der Waals surface area contributed by atoms with E-state index in [9.17, 15) is 4.79 Å². The number of carbonyl (C=O) groups is 1. The molecule has 0 unspecified atom stereocenters. The average molecular weight is 342 g/mol. The Hall–Kier alpha value is -2.91. The number of hydrogen-bond donors (Lipinski definition) is 1. The fraction of sp³-hybridized carbons (Fsp3) is 0.174. The van der Waals surface area contributed by atoms with E-state index in [1.807, 2.05) is 36.4 Å². The van der Waals surface area contributed by atoms with Crippen LogP contribution in [0.2, 0.25) is 0 Å². The molecule has 1 N–H and O–H groups in total. The summed E-state index contributed by atoms with van der Waals surface area (Å²) in [6.45, 7) is 2.97. The van der Waals surface area contributed by atoms with Crippen LogP contribution in [0.25, 0.3) is 0 Å². The van der Waals surface area contributed by atoms with Crippen LogP contribution in [-0.4, -0.2) is 17.4 Å². The summed E-state index contributed by atoms with van der Waals surface area (Å²) in [6, 6.07) is 26.2. The quantitative estimate of drug-likeness (QED) is 0.740. The molecule has 3 nitrogen and oxygen atoms in total. The average Bonchev–Trinajstić information content (AvgIpc) is 3.10. The van der Waals surface area contributed by atoms with Crippen LogP contribution in [0.15, 0.2) is 78.9 Å². The molecule has 1 heterocycles. The maximum Gasteiger partial charge on any atom is 0.255 e. The highest BCUT2D eigenvalue weighted by atomic mass is 16.1. The second-order valence-corrected chi connectivity index (χ2v) is 6.75. The normalized spacial score (nSPS) is 13.4. The van der Waals surface area contributed by atoms with E-state index >= 15 is 0 Å². The van der Waals surface area contributed by atoms with Gasteiger partial charge in [0.05, 0.1) is 0 Å². The van der Waals surface area contributed by atoms with Crippen molar-refractivity contribution in [1.82, 2.24) is 4.90 Å². The van der Waals surface area contributed by atoms with Gasteiger partial charge in [-0.05, 0) is 47.4 Å². The first-order valence-corrected chi connectivity index (χ1v) is 9.02. The zero-order chi connectivity index (χ0) is 17.8. The second-order valence-electron chi connectivity index (χ2n) is 6.75. The van der Waals surface area contributed by atoms with Crippen LogP contribution in [0.5, 0.6) is 0 Å². The Morgan fingerprint density at radius 1 is 0.846 bits per heavy atom. The monoisotopic (exact) mass is 342 g/mol. The van der Waals surface area contributed by atoms with Crippen molar-refractivity contribution < 1.29 is 4.79 Å². The molecule has 0 aliphatic carbocycles. The van der Waals surface area contributed by atoms with Crippen molar-refractivity contribution in [2.24, 2.45) is 0 Å². The molecule has 0 saturated heterocycles. The van der Waals surface area contributed by atoms with E-state index in [-0.39, 0.29) is 5.91 Å². The number of nitrogens with one attached hydrogen (secondary N) is 1. The number of benzene rings is 3. The van der Waals surface area contributed by atoms with E-state index in [2.05, 4.69) is 52.7 Å². The number of nitrogens with zero attached hydrogens (tertiary/aromatic N) is 1. The first kappa shape index (κ1) is 16.6. The summed E-state index contributed by atoms with van der Waals surface area (Å²) in [5, 5.41) is 3.00. The summed E-state index contributed by atoms with van der Waals surface area (Å²) >= 11 is 0. The molecule has 0 radical (unpaired) electrons. The number of hydrogen-bond acceptors (Lipinski definition) is 2. The molecule has 0 aromatic heterocycles. The van der Waals surface area contributed by atoms with Crippen molar-refractivity contribution in [1.29, 1.82) is 0 Å². The molecule has 26 heavy (non-hydrogen) atoms. The third kappa shape index (κ3) is 3.84. The van der Waals surface area contributed by atoms with Gasteiger partial charge in [0.1, 0.15) is 0 Å². The van der Waals surface area contributed by atoms with Crippen LogP contribution < -0.4 is 5.32 Å². The Kier molecular flexibility index (Phi) is 4.80. The number of anilines is 1. The van der Waals surface area contributed by atoms with Crippen LogP contribution in [0, 0.1) is 0 Å². The summed E-state index contributed by atoms with van der Waals surface area (Å²) in [5.41, 5.74) is 5.58. The summed E-state index contributed by atoms with van der Waals surface area (Å²) in [6.07, 6.45) is 1.06. The number of carbonyl (C=O) groups excluding carboxylic acids is 1. The lowest BCUT2D eigenvalue weighted by atomic mass is 10.1. The third-order valence-electron chi connectivity index (χ3n) is 4.85. The number of fused-ring (bicyclic) bond motifs is 1. The predicted octanol–water partition coefficient (Wildman–Crippen LogP) is 4.50. The summed E-state index contributed by atoms with van der Waals surface area (Å²) in [4.78, 5) is 14.8. The topological polar surface area (TPSA) is 32.3 Å². The van der Waals surface area contributed by atoms with Crippen molar-refractivity contribution in [2.75, 3.05) is 11.9 Å². The van der Waals surface area contributed by atoms with Gasteiger partial charge in [0.25, 0.3) is 5.91 Å². The molecular weight excluding hydrogens is 320 g/mol. The highest BCUT2D eigenvalue weighted by molar-refractivity contribution is 6.04. The molecule has 0 saturated carbocycles. The van der Waals surface area contributed by atoms with Crippen LogP contribution in [0.1, 0.15) is 27.0 Å². The van der Waals surface area contributed by atoms with Gasteiger partial charge in [-0.25, -0.2) is 0 Å². The zero-order valence-corrected chi connectivity index (χ0v) is 14.7. The largest absolute Gasteiger partial charge is 0.322 e. The van der Waals surface area contributed by atoms with Gasteiger partial charge in [-0.1, -0.05) is 54.6 Å². The molecule has 0 atom stereocenters. The number of amides is 1. The van der Waals surface area contributed by atoms with E-state index in [1.165, 1.54) is 16.7 Å². The van der Waals surface area contributed by atoms with Gasteiger partial charge < -0.3 is 5.32 Å². The Labute approximate surface area is 154 Å². The SMILES string of the molecule is O=C(Nc1ccc2c(c1)CN(CCc1ccccc1)C2)c1ccccc1. The maximum absolute atomic E-state index is 12.3. The smallest absolute Gasteiger partial charge is 0.255 e. The van der Waals surface area contributed by atoms with Gasteiger partial charge in [0, 0.05) is 30.9 Å². The minimum absolute atomic E-state index is 0.0653. The molecule has 0 fully saturated rings. The van der Waals surface area contributed by atoms with Gasteiger partial charge in [0.15, 0.2) is 0 Å². The molecule has 3 heteroatoms. The highest BCUT2D eigenvalue weighted by Crippen LogP contribution is 2.26. The minimum Gasteiger partial charge on any atom is -0.322 e. The molecule has 1 aliphatic heterocycles. The van der Waals surface area contributed by atoms with Gasteiger partial charge in [0.2, 0.25) is 0 Å². The van der Waals surface area contributed by atoms with Gasteiger partial charge in [-0.2, -0.15) is 0 Å². The highest BCUT2D eigenvalue weighted by Gasteiger charge is 2.19. The Bertz CT molecular complexity index is 891. The Morgan fingerprint density at radius 2 is 1.54 bits per heavy atom. The van der Waals surface area contributed by atoms with Crippen molar-refractivity contribution in [3.8, 4) is 0 Å². The van der Waals surface area contributed by atoms with Crippen LogP contribution in [0.4, 0.5) is 5.69 Å². The molecule has 0 bridgehead atoms. The summed E-state index contributed by atoms with van der Waals surface area (Å²) < 4.78 is 0. The van der Waals surface area contributed by atoms with E-state index in [4.69, 9.17) is 0 Å². The second kappa shape index (κ2) is 7.54. The molecule has 130 valence electrons. The van der Waals surface area contributed by atoms with Crippen LogP contribution in [0.3, 0.4) is 0 Å². The van der Waals surface area contributed by atoms with Crippen molar-refractivity contribution in [3.05, 3.63) is 101 Å². The Balaban J connectivity index is 1.38. The molecule has 1 aliphatic rings. The molecule has 3 aromatic rings. The van der Waals surface area contributed by atoms with Crippen molar-refractivity contribution >= 4 is 11.6 Å². The molecular formula is C23H22N2O. The number of rotatable bonds is 5. The summed E-state index contributed by atoms with van der Waals surface area (Å²) in [7, 11) is 0. The fourth-order valence-corrected chi connectivity index (χ4v) is 3.43. The van der Waals surface area contributed by atoms with E-state index in [0.717, 1.165) is 31.7 Å². The lowest BCUT2D eigenvalue weighted by Crippen LogP contribution is -2.19. The van der Waals surface area contributed by atoms with Gasteiger partial charge >= 0.3 is 0 Å². The van der Waals surface area contributed by atoms with Gasteiger partial charge in [-0.15, -0.1) is 0 Å². The lowest BCUT2D eigenvalue weighted by Gasteiger charge is -2.14. The fourth-order valence-electron chi connectivity index (χ4n) is 3.43. The van der Waals surface area contributed by atoms with Crippen molar-refractivity contribution in [3.63, 3.8) is 0 Å². The summed E-state index contributed by atoms with van der Waals surface area (Å²) in [5.74, 6) is -0.0653. The predicted molar refractivity (Wildman–Crippen MR) is 105 cm³/mol. The first-order chi connectivity index (χ1) is 12.8. The minimum atomic E-state index is -0.0653. The van der Waals surface area contributed by atoms with Crippen molar-refractivity contribution in [2.45, 2.75) is 19.5 Å². The lowest BCUT2D eigenvalue weighted by molar-refractivity contribution is 0.102. The van der Waals surface area contributed by atoms with Crippen LogP contribution in [-0.2, 0) is 19.5 Å². The maximum atomic E-state index is 12.3. The molecule has 0 spiro atoms. The Morgan fingerprint density at radius 3 is 2.31 bits per heavy atom. The van der Waals surface area contributed by atoms with E-state index in [1.54, 1.807) is 0 Å². The molecule has 1 amide bonds. The van der Waals surface area contributed by atoms with E-state index in [0.29, 0.717) is 5.56 Å².